The predicted octanol–water partition coefficient (Wildman–Crippen LogP) is 1.05. The number of carboxylic acid groups (broad SMARTS) is 1. The summed E-state index contributed by atoms with van der Waals surface area (Å²) >= 11 is 0. The average molecular weight is 200 g/mol. The zero-order chi connectivity index (χ0) is 10.0. The predicted molar refractivity (Wildman–Crippen MR) is 49.1 cm³/mol. The highest BCUT2D eigenvalue weighted by Crippen LogP contribution is 2.41. The van der Waals surface area contributed by atoms with Gasteiger partial charge in [-0.3, -0.25) is 4.79 Å². The third-order valence-corrected chi connectivity index (χ3v) is 3.24. The number of hydrogen-bond acceptors (Lipinski definition) is 3. The van der Waals surface area contributed by atoms with Gasteiger partial charge < -0.3 is 14.6 Å². The fourth-order valence-corrected chi connectivity index (χ4v) is 2.37. The Kier molecular flexibility index (Phi) is 2.74. The number of hydrogen-bond donors (Lipinski definition) is 1. The SMILES string of the molecule is O=C(O)CC1CC2(CCOCC2)CO1. The number of carbonyl (C=O) groups is 1. The molecular weight excluding hydrogens is 184 g/mol. The van der Waals surface area contributed by atoms with Crippen LogP contribution in [-0.4, -0.2) is 37.0 Å². The van der Waals surface area contributed by atoms with Crippen molar-refractivity contribution in [2.75, 3.05) is 19.8 Å². The Balaban J connectivity index is 1.89. The van der Waals surface area contributed by atoms with E-state index in [4.69, 9.17) is 14.6 Å². The summed E-state index contributed by atoms with van der Waals surface area (Å²) in [5.41, 5.74) is 0.221. The average Bonchev–Trinajstić information content (AvgIpc) is 2.49. The van der Waals surface area contributed by atoms with Gasteiger partial charge in [0.25, 0.3) is 0 Å². The van der Waals surface area contributed by atoms with E-state index in [0.29, 0.717) is 6.61 Å². The zero-order valence-electron chi connectivity index (χ0n) is 8.20. The molecule has 0 aliphatic carbocycles. The lowest BCUT2D eigenvalue weighted by Crippen LogP contribution is -2.30. The van der Waals surface area contributed by atoms with E-state index in [0.717, 1.165) is 32.5 Å². The van der Waals surface area contributed by atoms with E-state index in [1.165, 1.54) is 0 Å². The molecule has 2 fully saturated rings. The molecule has 2 rings (SSSR count). The molecule has 2 saturated heterocycles. The van der Waals surface area contributed by atoms with E-state index < -0.39 is 5.97 Å². The molecule has 0 aromatic heterocycles. The Morgan fingerprint density at radius 2 is 2.14 bits per heavy atom. The molecule has 0 saturated carbocycles. The number of rotatable bonds is 2. The number of aliphatic carboxylic acids is 1. The van der Waals surface area contributed by atoms with Crippen LogP contribution < -0.4 is 0 Å². The molecule has 2 aliphatic heterocycles. The van der Waals surface area contributed by atoms with Gasteiger partial charge in [0, 0.05) is 18.6 Å². The maximum atomic E-state index is 10.5. The van der Waals surface area contributed by atoms with Crippen LogP contribution in [0.15, 0.2) is 0 Å². The van der Waals surface area contributed by atoms with Crippen LogP contribution in [0.1, 0.15) is 25.7 Å². The molecule has 0 radical (unpaired) electrons. The minimum atomic E-state index is -0.765. The van der Waals surface area contributed by atoms with E-state index in [9.17, 15) is 4.79 Å². The van der Waals surface area contributed by atoms with E-state index in [2.05, 4.69) is 0 Å². The first-order valence-corrected chi connectivity index (χ1v) is 5.11. The second-order valence-corrected chi connectivity index (χ2v) is 4.35. The Bertz CT molecular complexity index is 220. The van der Waals surface area contributed by atoms with Crippen LogP contribution in [-0.2, 0) is 14.3 Å². The van der Waals surface area contributed by atoms with Crippen LogP contribution in [0.25, 0.3) is 0 Å². The van der Waals surface area contributed by atoms with E-state index in [1.54, 1.807) is 0 Å². The lowest BCUT2D eigenvalue weighted by Gasteiger charge is -2.31. The molecule has 1 atom stereocenters. The molecule has 4 heteroatoms. The molecule has 0 amide bonds. The van der Waals surface area contributed by atoms with Gasteiger partial charge in [-0.2, -0.15) is 0 Å². The van der Waals surface area contributed by atoms with E-state index >= 15 is 0 Å². The molecule has 1 N–H and O–H groups in total. The quantitative estimate of drug-likeness (QED) is 0.723. The highest BCUT2D eigenvalue weighted by molar-refractivity contribution is 5.67. The first-order valence-electron chi connectivity index (χ1n) is 5.11. The molecular formula is C10H16O4. The standard InChI is InChI=1S/C10H16O4/c11-9(12)5-8-6-10(7-14-8)1-3-13-4-2-10/h8H,1-7H2,(H,11,12). The Hall–Kier alpha value is -0.610. The first-order chi connectivity index (χ1) is 6.70. The van der Waals surface area contributed by atoms with Crippen LogP contribution in [0.5, 0.6) is 0 Å². The van der Waals surface area contributed by atoms with Gasteiger partial charge in [0.2, 0.25) is 0 Å². The van der Waals surface area contributed by atoms with Gasteiger partial charge in [-0.05, 0) is 19.3 Å². The Morgan fingerprint density at radius 1 is 1.43 bits per heavy atom. The van der Waals surface area contributed by atoms with Gasteiger partial charge in [-0.1, -0.05) is 0 Å². The van der Waals surface area contributed by atoms with Crippen LogP contribution in [0, 0.1) is 5.41 Å². The summed E-state index contributed by atoms with van der Waals surface area (Å²) in [7, 11) is 0. The monoisotopic (exact) mass is 200 g/mol. The second kappa shape index (κ2) is 3.87. The molecule has 2 aliphatic rings. The third kappa shape index (κ3) is 2.07. The van der Waals surface area contributed by atoms with Crippen LogP contribution in [0.2, 0.25) is 0 Å². The summed E-state index contributed by atoms with van der Waals surface area (Å²) in [6.07, 6.45) is 2.99. The largest absolute Gasteiger partial charge is 0.481 e. The number of carboxylic acids is 1. The molecule has 1 spiro atoms. The van der Waals surface area contributed by atoms with Crippen molar-refractivity contribution in [3.63, 3.8) is 0 Å². The maximum Gasteiger partial charge on any atom is 0.305 e. The van der Waals surface area contributed by atoms with Crippen molar-refractivity contribution in [1.29, 1.82) is 0 Å². The van der Waals surface area contributed by atoms with Crippen molar-refractivity contribution in [2.45, 2.75) is 31.8 Å². The molecule has 2 heterocycles. The summed E-state index contributed by atoms with van der Waals surface area (Å²) in [6, 6.07) is 0. The summed E-state index contributed by atoms with van der Waals surface area (Å²) in [4.78, 5) is 10.5. The molecule has 0 bridgehead atoms. The van der Waals surface area contributed by atoms with Crippen molar-refractivity contribution in [1.82, 2.24) is 0 Å². The minimum Gasteiger partial charge on any atom is -0.481 e. The van der Waals surface area contributed by atoms with Crippen LogP contribution >= 0.6 is 0 Å². The van der Waals surface area contributed by atoms with Gasteiger partial charge in [0.05, 0.1) is 19.1 Å². The lowest BCUT2D eigenvalue weighted by molar-refractivity contribution is -0.139. The molecule has 0 aromatic carbocycles. The highest BCUT2D eigenvalue weighted by Gasteiger charge is 2.41. The van der Waals surface area contributed by atoms with Crippen molar-refractivity contribution < 1.29 is 19.4 Å². The van der Waals surface area contributed by atoms with E-state index in [1.807, 2.05) is 0 Å². The van der Waals surface area contributed by atoms with Gasteiger partial charge in [-0.25, -0.2) is 0 Å². The minimum absolute atomic E-state index is 0.0781. The Morgan fingerprint density at radius 3 is 2.79 bits per heavy atom. The Labute approximate surface area is 83.2 Å². The molecule has 4 nitrogen and oxygen atoms in total. The summed E-state index contributed by atoms with van der Waals surface area (Å²) in [6.45, 7) is 2.31. The van der Waals surface area contributed by atoms with Crippen molar-refractivity contribution in [2.24, 2.45) is 5.41 Å². The van der Waals surface area contributed by atoms with Gasteiger partial charge in [0.1, 0.15) is 0 Å². The fourth-order valence-electron chi connectivity index (χ4n) is 2.37. The molecule has 0 aromatic rings. The van der Waals surface area contributed by atoms with E-state index in [-0.39, 0.29) is 17.9 Å². The smallest absolute Gasteiger partial charge is 0.305 e. The fraction of sp³-hybridized carbons (Fsp3) is 0.900. The topological polar surface area (TPSA) is 55.8 Å². The molecule has 80 valence electrons. The lowest BCUT2D eigenvalue weighted by atomic mass is 9.78. The van der Waals surface area contributed by atoms with Crippen molar-refractivity contribution in [3.05, 3.63) is 0 Å². The molecule has 1 unspecified atom stereocenters. The summed E-state index contributed by atoms with van der Waals surface area (Å²) in [5.74, 6) is -0.765. The first kappa shape index (κ1) is 9.93. The second-order valence-electron chi connectivity index (χ2n) is 4.35. The third-order valence-electron chi connectivity index (χ3n) is 3.24. The number of ether oxygens (including phenoxy) is 2. The van der Waals surface area contributed by atoms with Crippen LogP contribution in [0.4, 0.5) is 0 Å². The zero-order valence-corrected chi connectivity index (χ0v) is 8.20. The molecule has 14 heavy (non-hydrogen) atoms. The summed E-state index contributed by atoms with van der Waals surface area (Å²) in [5, 5.41) is 8.66. The normalized spacial score (nSPS) is 30.7. The van der Waals surface area contributed by atoms with Crippen LogP contribution in [0.3, 0.4) is 0 Å². The van der Waals surface area contributed by atoms with Crippen molar-refractivity contribution >= 4 is 5.97 Å². The summed E-state index contributed by atoms with van der Waals surface area (Å²) < 4.78 is 10.8. The highest BCUT2D eigenvalue weighted by atomic mass is 16.5. The van der Waals surface area contributed by atoms with Gasteiger partial charge in [0.15, 0.2) is 0 Å². The maximum absolute atomic E-state index is 10.5. The van der Waals surface area contributed by atoms with Gasteiger partial charge in [-0.15, -0.1) is 0 Å². The van der Waals surface area contributed by atoms with Gasteiger partial charge >= 0.3 is 5.97 Å². The van der Waals surface area contributed by atoms with Crippen molar-refractivity contribution in [3.8, 4) is 0 Å².